The summed E-state index contributed by atoms with van der Waals surface area (Å²) in [4.78, 5) is 5.37. The zero-order valence-corrected chi connectivity index (χ0v) is 29.3. The van der Waals surface area contributed by atoms with E-state index >= 15 is 0 Å². The Labute approximate surface area is 309 Å². The summed E-state index contributed by atoms with van der Waals surface area (Å²) in [5.74, 6) is 0.932. The predicted octanol–water partition coefficient (Wildman–Crippen LogP) is 10.4. The maximum Gasteiger partial charge on any atom is 0.145 e. The second-order valence-electron chi connectivity index (χ2n) is 13.5. The maximum absolute atomic E-state index is 6.70. The molecule has 0 fully saturated rings. The number of hydrogen-bond acceptors (Lipinski definition) is 4. The van der Waals surface area contributed by atoms with E-state index in [4.69, 9.17) is 10.7 Å². The summed E-state index contributed by atoms with van der Waals surface area (Å²) in [6.45, 7) is 1.45. The van der Waals surface area contributed by atoms with Crippen molar-refractivity contribution in [3.63, 3.8) is 0 Å². The van der Waals surface area contributed by atoms with Gasteiger partial charge >= 0.3 is 0 Å². The molecule has 7 aromatic carbocycles. The van der Waals surface area contributed by atoms with Crippen LogP contribution in [0, 0.1) is 0 Å². The first-order valence-corrected chi connectivity index (χ1v) is 18.1. The van der Waals surface area contributed by atoms with Crippen molar-refractivity contribution in [3.05, 3.63) is 204 Å². The molecule has 2 heterocycles. The van der Waals surface area contributed by atoms with Gasteiger partial charge in [-0.2, -0.15) is 0 Å². The first-order chi connectivity index (χ1) is 26.2. The van der Waals surface area contributed by atoms with Gasteiger partial charge in [0.25, 0.3) is 0 Å². The fourth-order valence-electron chi connectivity index (χ4n) is 7.45. The molecule has 4 N–H and O–H groups in total. The zero-order valence-electron chi connectivity index (χ0n) is 29.3. The number of nitrogens with two attached hydrogens (primary N) is 1. The van der Waals surface area contributed by atoms with E-state index in [1.807, 2.05) is 24.3 Å². The Morgan fingerprint density at radius 1 is 0.698 bits per heavy atom. The molecule has 53 heavy (non-hydrogen) atoms. The number of nitrogens with one attached hydrogen (secondary N) is 2. The molecule has 0 radical (unpaired) electrons. The van der Waals surface area contributed by atoms with Gasteiger partial charge in [0.2, 0.25) is 0 Å². The van der Waals surface area contributed by atoms with Crippen LogP contribution in [0.15, 0.2) is 176 Å². The van der Waals surface area contributed by atoms with Crippen molar-refractivity contribution >= 4 is 33.6 Å². The van der Waals surface area contributed by atoms with Crippen molar-refractivity contribution in [1.29, 1.82) is 0 Å². The number of hydrogen-bond donors (Lipinski definition) is 3. The average molecular weight is 686 g/mol. The third kappa shape index (κ3) is 6.28. The number of imidazole rings is 1. The van der Waals surface area contributed by atoms with Crippen LogP contribution in [0.5, 0.6) is 0 Å². The van der Waals surface area contributed by atoms with E-state index in [0.717, 1.165) is 68.0 Å². The molecule has 1 unspecified atom stereocenters. The highest BCUT2D eigenvalue weighted by molar-refractivity contribution is 6.11. The van der Waals surface area contributed by atoms with Gasteiger partial charge in [-0.25, -0.2) is 4.98 Å². The summed E-state index contributed by atoms with van der Waals surface area (Å²) < 4.78 is 2.34. The van der Waals surface area contributed by atoms with Crippen molar-refractivity contribution in [2.24, 2.45) is 5.73 Å². The molecular formula is C48H39N5. The van der Waals surface area contributed by atoms with Crippen molar-refractivity contribution in [2.45, 2.75) is 19.1 Å². The number of rotatable bonds is 9. The number of nitrogens with zero attached hydrogens (tertiary/aromatic N) is 2. The van der Waals surface area contributed by atoms with Crippen LogP contribution in [0.2, 0.25) is 0 Å². The van der Waals surface area contributed by atoms with Crippen LogP contribution in [0.3, 0.4) is 0 Å². The maximum atomic E-state index is 6.70. The molecule has 8 aromatic rings. The van der Waals surface area contributed by atoms with Crippen LogP contribution in [0.25, 0.3) is 61.8 Å². The van der Waals surface area contributed by atoms with Crippen LogP contribution in [-0.4, -0.2) is 9.55 Å². The van der Waals surface area contributed by atoms with Crippen LogP contribution >= 0.6 is 0 Å². The minimum atomic E-state index is -0.239. The van der Waals surface area contributed by atoms with Crippen molar-refractivity contribution in [3.8, 4) is 28.2 Å². The van der Waals surface area contributed by atoms with Gasteiger partial charge in [-0.1, -0.05) is 152 Å². The summed E-state index contributed by atoms with van der Waals surface area (Å²) in [5.41, 5.74) is 20.2. The van der Waals surface area contributed by atoms with Gasteiger partial charge in [-0.3, -0.25) is 4.57 Å². The molecule has 0 spiro atoms. The Hall–Kier alpha value is -6.69. The average Bonchev–Trinajstić information content (AvgIpc) is 3.65. The molecule has 9 rings (SSSR count). The molecule has 5 heteroatoms. The zero-order chi connectivity index (χ0) is 35.6. The fourth-order valence-corrected chi connectivity index (χ4v) is 7.45. The summed E-state index contributed by atoms with van der Waals surface area (Å²) >= 11 is 0. The van der Waals surface area contributed by atoms with E-state index in [0.29, 0.717) is 6.54 Å². The summed E-state index contributed by atoms with van der Waals surface area (Å²) in [7, 11) is 0. The van der Waals surface area contributed by atoms with E-state index in [1.54, 1.807) is 0 Å². The third-order valence-corrected chi connectivity index (χ3v) is 10.2. The molecule has 5 nitrogen and oxygen atoms in total. The molecule has 1 aliphatic heterocycles. The lowest BCUT2D eigenvalue weighted by Crippen LogP contribution is -2.15. The normalized spacial score (nSPS) is 13.1. The van der Waals surface area contributed by atoms with E-state index in [9.17, 15) is 0 Å². The molecule has 0 amide bonds. The fraction of sp³-hybridized carbons (Fsp3) is 0.0625. The van der Waals surface area contributed by atoms with Gasteiger partial charge in [0, 0.05) is 41.0 Å². The molecule has 0 aliphatic carbocycles. The van der Waals surface area contributed by atoms with Crippen molar-refractivity contribution in [2.75, 3.05) is 0 Å². The second kappa shape index (κ2) is 14.1. The summed E-state index contributed by atoms with van der Waals surface area (Å²) in [6.07, 6.45) is 6.37. The first-order valence-electron chi connectivity index (χ1n) is 18.1. The summed E-state index contributed by atoms with van der Waals surface area (Å²) in [5, 5.41) is 9.52. The van der Waals surface area contributed by atoms with Crippen LogP contribution in [0.1, 0.15) is 33.9 Å². The molecule has 0 saturated heterocycles. The van der Waals surface area contributed by atoms with Crippen molar-refractivity contribution in [1.82, 2.24) is 20.2 Å². The van der Waals surface area contributed by atoms with Crippen LogP contribution in [0.4, 0.5) is 0 Å². The number of aromatic nitrogens is 2. The Bertz CT molecular complexity index is 2590. The highest BCUT2D eigenvalue weighted by Gasteiger charge is 2.23. The van der Waals surface area contributed by atoms with Gasteiger partial charge in [0.15, 0.2) is 0 Å². The monoisotopic (exact) mass is 685 g/mol. The Morgan fingerprint density at radius 2 is 1.32 bits per heavy atom. The minimum absolute atomic E-state index is 0.239. The molecular weight excluding hydrogens is 647 g/mol. The largest absolute Gasteiger partial charge is 0.387 e. The van der Waals surface area contributed by atoms with Gasteiger partial charge < -0.3 is 16.4 Å². The topological polar surface area (TPSA) is 67.9 Å². The Kier molecular flexibility index (Phi) is 8.60. The van der Waals surface area contributed by atoms with Crippen LogP contribution < -0.4 is 16.4 Å². The van der Waals surface area contributed by atoms with Gasteiger partial charge in [0.1, 0.15) is 5.82 Å². The van der Waals surface area contributed by atoms with Crippen LogP contribution in [-0.2, 0) is 13.1 Å². The van der Waals surface area contributed by atoms with Gasteiger partial charge in [-0.15, -0.1) is 0 Å². The highest BCUT2D eigenvalue weighted by atomic mass is 15.1. The van der Waals surface area contributed by atoms with Gasteiger partial charge in [0.05, 0.1) is 17.1 Å². The first kappa shape index (κ1) is 32.2. The lowest BCUT2D eigenvalue weighted by Gasteiger charge is -2.19. The van der Waals surface area contributed by atoms with E-state index in [1.165, 1.54) is 22.1 Å². The molecule has 0 saturated carbocycles. The van der Waals surface area contributed by atoms with Crippen molar-refractivity contribution < 1.29 is 0 Å². The molecule has 1 aliphatic rings. The lowest BCUT2D eigenvalue weighted by molar-refractivity contribution is 0.858. The third-order valence-electron chi connectivity index (χ3n) is 10.2. The Morgan fingerprint density at radius 3 is 2.04 bits per heavy atom. The smallest absolute Gasteiger partial charge is 0.145 e. The Balaban J connectivity index is 1.09. The number of fused-ring (bicyclic) bond motifs is 6. The van der Waals surface area contributed by atoms with Gasteiger partial charge in [-0.05, 0) is 69.3 Å². The molecule has 1 atom stereocenters. The molecule has 256 valence electrons. The molecule has 1 aromatic heterocycles. The quantitative estimate of drug-likeness (QED) is 0.141. The second-order valence-corrected chi connectivity index (χ2v) is 13.5. The predicted molar refractivity (Wildman–Crippen MR) is 220 cm³/mol. The lowest BCUT2D eigenvalue weighted by atomic mass is 9.95. The van der Waals surface area contributed by atoms with E-state index in [2.05, 4.69) is 173 Å². The SMILES string of the molecule is NC(/C=C(\NCc1ccccc1)c1ccc(-c2ccc(-n3c(-c4ccccc4)nc4c5ccccc5c5c(c43)CNC=C5)cc2)cc1)c1ccccc1. The van der Waals surface area contributed by atoms with E-state index < -0.39 is 0 Å². The number of benzene rings is 7. The summed E-state index contributed by atoms with van der Waals surface area (Å²) in [6, 6.07) is 57.2. The standard InChI is InChI=1S/C48H39N5/c49-44(36-14-6-2-7-15-36)30-45(51-31-33-12-4-1-5-13-33)37-22-20-34(21-23-37)35-24-26-39(27-25-35)53-47-43-32-50-29-28-41(43)40-18-10-11-19-42(40)46(47)52-48(53)38-16-8-3-9-17-38/h1-30,44,50-51H,31-32,49H2/b45-30-. The highest BCUT2D eigenvalue weighted by Crippen LogP contribution is 2.39. The minimum Gasteiger partial charge on any atom is -0.387 e. The van der Waals surface area contributed by atoms with E-state index in [-0.39, 0.29) is 6.04 Å². The molecule has 0 bridgehead atoms.